The first-order valence-electron chi connectivity index (χ1n) is 8.45. The maximum absolute atomic E-state index is 12.2. The Morgan fingerprint density at radius 2 is 1.81 bits per heavy atom. The lowest BCUT2D eigenvalue weighted by Crippen LogP contribution is -2.21. The van der Waals surface area contributed by atoms with E-state index in [0.717, 1.165) is 11.4 Å². The molecule has 140 valence electrons. The van der Waals surface area contributed by atoms with Crippen molar-refractivity contribution in [3.8, 4) is 5.69 Å². The van der Waals surface area contributed by atoms with Crippen molar-refractivity contribution in [1.29, 1.82) is 0 Å². The van der Waals surface area contributed by atoms with Gasteiger partial charge in [0.2, 0.25) is 0 Å². The molecule has 0 aliphatic rings. The van der Waals surface area contributed by atoms with Gasteiger partial charge in [-0.1, -0.05) is 18.2 Å². The number of aryl methyl sites for hydroxylation is 2. The van der Waals surface area contributed by atoms with E-state index in [1.807, 2.05) is 44.2 Å². The molecule has 3 rings (SSSR count). The van der Waals surface area contributed by atoms with Gasteiger partial charge < -0.3 is 10.1 Å². The molecule has 1 aromatic carbocycles. The van der Waals surface area contributed by atoms with Gasteiger partial charge in [-0.05, 0) is 32.9 Å². The zero-order chi connectivity index (χ0) is 19.6. The predicted molar refractivity (Wildman–Crippen MR) is 99.9 cm³/mol. The first kappa shape index (κ1) is 18.4. The zero-order valence-corrected chi connectivity index (χ0v) is 15.7. The summed E-state index contributed by atoms with van der Waals surface area (Å²) >= 11 is 0. The largest absolute Gasteiger partial charge is 0.452 e. The van der Waals surface area contributed by atoms with E-state index in [4.69, 9.17) is 4.74 Å². The molecule has 1 N–H and O–H groups in total. The fourth-order valence-corrected chi connectivity index (χ4v) is 2.73. The molecule has 0 bridgehead atoms. The van der Waals surface area contributed by atoms with E-state index in [0.29, 0.717) is 22.6 Å². The molecular weight excluding hydrogens is 346 g/mol. The van der Waals surface area contributed by atoms with Crippen LogP contribution in [0, 0.1) is 20.8 Å². The normalized spacial score (nSPS) is 10.7. The SMILES string of the molecule is Cc1nn(-c2ccccc2)c(C)c1NC(=O)COC(=O)c1cnn(C)c1C. The molecular formula is C19H21N5O3. The van der Waals surface area contributed by atoms with E-state index in [9.17, 15) is 9.59 Å². The summed E-state index contributed by atoms with van der Waals surface area (Å²) in [5.74, 6) is -1.01. The molecule has 0 fully saturated rings. The highest BCUT2D eigenvalue weighted by atomic mass is 16.5. The monoisotopic (exact) mass is 367 g/mol. The van der Waals surface area contributed by atoms with Crippen LogP contribution in [0.4, 0.5) is 5.69 Å². The van der Waals surface area contributed by atoms with Gasteiger partial charge >= 0.3 is 5.97 Å². The molecule has 0 atom stereocenters. The van der Waals surface area contributed by atoms with Gasteiger partial charge in [0, 0.05) is 12.7 Å². The summed E-state index contributed by atoms with van der Waals surface area (Å²) in [6.07, 6.45) is 1.42. The number of esters is 1. The minimum atomic E-state index is -0.579. The van der Waals surface area contributed by atoms with Crippen LogP contribution in [0.15, 0.2) is 36.5 Å². The van der Waals surface area contributed by atoms with Crippen LogP contribution in [0.3, 0.4) is 0 Å². The second-order valence-electron chi connectivity index (χ2n) is 6.18. The lowest BCUT2D eigenvalue weighted by atomic mass is 10.2. The Morgan fingerprint density at radius 3 is 2.44 bits per heavy atom. The molecule has 3 aromatic rings. The molecule has 2 aromatic heterocycles. The Morgan fingerprint density at radius 1 is 1.11 bits per heavy atom. The number of ether oxygens (including phenoxy) is 1. The first-order valence-corrected chi connectivity index (χ1v) is 8.45. The quantitative estimate of drug-likeness (QED) is 0.699. The van der Waals surface area contributed by atoms with Crippen LogP contribution in [0.5, 0.6) is 0 Å². The second-order valence-corrected chi connectivity index (χ2v) is 6.18. The Balaban J connectivity index is 1.67. The summed E-state index contributed by atoms with van der Waals surface area (Å²) in [6.45, 7) is 5.05. The number of nitrogens with one attached hydrogen (secondary N) is 1. The van der Waals surface area contributed by atoms with Crippen LogP contribution in [0.2, 0.25) is 0 Å². The number of amides is 1. The standard InChI is InChI=1S/C19H21N5O3/c1-12-18(14(3)24(22-12)15-8-6-5-7-9-15)21-17(25)11-27-19(26)16-10-20-23(4)13(16)2/h5-10H,11H2,1-4H3,(H,21,25). The van der Waals surface area contributed by atoms with Crippen LogP contribution in [-0.4, -0.2) is 38.0 Å². The van der Waals surface area contributed by atoms with Gasteiger partial charge in [-0.15, -0.1) is 0 Å². The van der Waals surface area contributed by atoms with Crippen molar-refractivity contribution >= 4 is 17.6 Å². The van der Waals surface area contributed by atoms with E-state index in [2.05, 4.69) is 15.5 Å². The Hall–Kier alpha value is -3.42. The van der Waals surface area contributed by atoms with E-state index >= 15 is 0 Å². The molecule has 0 spiro atoms. The van der Waals surface area contributed by atoms with Crippen LogP contribution in [0.25, 0.3) is 5.69 Å². The van der Waals surface area contributed by atoms with Gasteiger partial charge in [0.15, 0.2) is 6.61 Å². The molecule has 8 nitrogen and oxygen atoms in total. The van der Waals surface area contributed by atoms with Crippen LogP contribution in [-0.2, 0) is 16.6 Å². The number of aromatic nitrogens is 4. The molecule has 0 radical (unpaired) electrons. The number of carbonyl (C=O) groups excluding carboxylic acids is 2. The van der Waals surface area contributed by atoms with Crippen LogP contribution < -0.4 is 5.32 Å². The number of hydrogen-bond acceptors (Lipinski definition) is 5. The van der Waals surface area contributed by atoms with E-state index in [1.165, 1.54) is 6.20 Å². The fraction of sp³-hybridized carbons (Fsp3) is 0.263. The van der Waals surface area contributed by atoms with Crippen molar-refractivity contribution < 1.29 is 14.3 Å². The predicted octanol–water partition coefficient (Wildman–Crippen LogP) is 2.33. The summed E-state index contributed by atoms with van der Waals surface area (Å²) in [7, 11) is 1.73. The molecule has 0 unspecified atom stereocenters. The molecule has 0 aliphatic carbocycles. The maximum Gasteiger partial charge on any atom is 0.342 e. The minimum Gasteiger partial charge on any atom is -0.452 e. The highest BCUT2D eigenvalue weighted by Crippen LogP contribution is 2.22. The molecule has 2 heterocycles. The fourth-order valence-electron chi connectivity index (χ4n) is 2.73. The summed E-state index contributed by atoms with van der Waals surface area (Å²) in [4.78, 5) is 24.3. The highest BCUT2D eigenvalue weighted by molar-refractivity contribution is 5.96. The van der Waals surface area contributed by atoms with Crippen LogP contribution >= 0.6 is 0 Å². The van der Waals surface area contributed by atoms with E-state index < -0.39 is 11.9 Å². The molecule has 1 amide bonds. The minimum absolute atomic E-state index is 0.342. The lowest BCUT2D eigenvalue weighted by molar-refractivity contribution is -0.119. The number of anilines is 1. The first-order chi connectivity index (χ1) is 12.9. The summed E-state index contributed by atoms with van der Waals surface area (Å²) in [5.41, 5.74) is 4.00. The van der Waals surface area contributed by atoms with Gasteiger partial charge in [-0.25, -0.2) is 9.48 Å². The smallest absolute Gasteiger partial charge is 0.342 e. The number of carbonyl (C=O) groups is 2. The van der Waals surface area contributed by atoms with Gasteiger partial charge in [-0.3, -0.25) is 9.48 Å². The number of nitrogens with zero attached hydrogens (tertiary/aromatic N) is 4. The average molecular weight is 367 g/mol. The highest BCUT2D eigenvalue weighted by Gasteiger charge is 2.18. The van der Waals surface area contributed by atoms with Gasteiger partial charge in [-0.2, -0.15) is 10.2 Å². The summed E-state index contributed by atoms with van der Waals surface area (Å²) in [5, 5.41) is 11.2. The van der Waals surface area contributed by atoms with Gasteiger partial charge in [0.05, 0.1) is 29.0 Å². The van der Waals surface area contributed by atoms with Gasteiger partial charge in [0.25, 0.3) is 5.91 Å². The van der Waals surface area contributed by atoms with Crippen LogP contribution in [0.1, 0.15) is 27.4 Å². The Labute approximate surface area is 156 Å². The maximum atomic E-state index is 12.2. The third-order valence-corrected chi connectivity index (χ3v) is 4.35. The number of rotatable bonds is 5. The molecule has 0 saturated heterocycles. The van der Waals surface area contributed by atoms with Crippen molar-refractivity contribution in [1.82, 2.24) is 19.6 Å². The summed E-state index contributed by atoms with van der Waals surface area (Å²) < 4.78 is 8.43. The third kappa shape index (κ3) is 3.74. The lowest BCUT2D eigenvalue weighted by Gasteiger charge is -2.08. The van der Waals surface area contributed by atoms with Crippen molar-refractivity contribution in [3.05, 3.63) is 59.2 Å². The van der Waals surface area contributed by atoms with E-state index in [1.54, 1.807) is 23.3 Å². The number of hydrogen-bond donors (Lipinski definition) is 1. The van der Waals surface area contributed by atoms with Crippen molar-refractivity contribution in [2.24, 2.45) is 7.05 Å². The zero-order valence-electron chi connectivity index (χ0n) is 15.7. The molecule has 0 aliphatic heterocycles. The topological polar surface area (TPSA) is 91.0 Å². The van der Waals surface area contributed by atoms with Crippen molar-refractivity contribution in [2.45, 2.75) is 20.8 Å². The van der Waals surface area contributed by atoms with Crippen molar-refractivity contribution in [3.63, 3.8) is 0 Å². The average Bonchev–Trinajstić information content (AvgIpc) is 3.14. The second kappa shape index (κ2) is 7.45. The van der Waals surface area contributed by atoms with E-state index in [-0.39, 0.29) is 6.61 Å². The molecule has 8 heteroatoms. The molecule has 0 saturated carbocycles. The van der Waals surface area contributed by atoms with Crippen molar-refractivity contribution in [2.75, 3.05) is 11.9 Å². The Kier molecular flexibility index (Phi) is 5.07. The summed E-state index contributed by atoms with van der Waals surface area (Å²) in [6, 6.07) is 9.64. The third-order valence-electron chi connectivity index (χ3n) is 4.35. The molecule has 27 heavy (non-hydrogen) atoms. The number of para-hydroxylation sites is 1. The number of benzene rings is 1. The van der Waals surface area contributed by atoms with Gasteiger partial charge in [0.1, 0.15) is 5.56 Å². The Bertz CT molecular complexity index is 988.